The van der Waals surface area contributed by atoms with Crippen LogP contribution in [0.2, 0.25) is 0 Å². The summed E-state index contributed by atoms with van der Waals surface area (Å²) in [6.45, 7) is 2.88. The van der Waals surface area contributed by atoms with Crippen LogP contribution in [0.25, 0.3) is 0 Å². The number of carbonyl (C=O) groups is 2. The molecule has 0 fully saturated rings. The lowest BCUT2D eigenvalue weighted by atomic mass is 10.2. The zero-order chi connectivity index (χ0) is 20.6. The van der Waals surface area contributed by atoms with Crippen molar-refractivity contribution < 1.29 is 28.5 Å². The van der Waals surface area contributed by atoms with Crippen LogP contribution < -0.4 is 24.3 Å². The third kappa shape index (κ3) is 5.31. The van der Waals surface area contributed by atoms with Gasteiger partial charge in [-0.3, -0.25) is 9.59 Å². The molecule has 3 rings (SSSR count). The first-order chi connectivity index (χ1) is 14.1. The Morgan fingerprint density at radius 2 is 1.79 bits per heavy atom. The Morgan fingerprint density at radius 3 is 2.52 bits per heavy atom. The molecule has 0 aromatic heterocycles. The molecule has 0 unspecified atom stereocenters. The molecule has 0 saturated carbocycles. The average Bonchev–Trinajstić information content (AvgIpc) is 2.75. The molecular formula is C21H24N2O6. The summed E-state index contributed by atoms with van der Waals surface area (Å²) in [7, 11) is 1.53. The molecule has 2 aromatic rings. The second-order valence-electron chi connectivity index (χ2n) is 6.25. The van der Waals surface area contributed by atoms with Gasteiger partial charge in [-0.15, -0.1) is 0 Å². The number of hydrogen-bond acceptors (Lipinski definition) is 6. The van der Waals surface area contributed by atoms with Crippen LogP contribution >= 0.6 is 0 Å². The zero-order valence-electron chi connectivity index (χ0n) is 16.5. The summed E-state index contributed by atoms with van der Waals surface area (Å²) < 4.78 is 21.7. The molecule has 154 valence electrons. The number of anilines is 1. The van der Waals surface area contributed by atoms with E-state index < -0.39 is 0 Å². The first-order valence-electron chi connectivity index (χ1n) is 9.33. The van der Waals surface area contributed by atoms with Crippen LogP contribution in [0.4, 0.5) is 5.69 Å². The Balaban J connectivity index is 1.54. The van der Waals surface area contributed by atoms with Gasteiger partial charge in [-0.2, -0.15) is 0 Å². The fourth-order valence-corrected chi connectivity index (χ4v) is 2.84. The molecule has 8 nitrogen and oxygen atoms in total. The van der Waals surface area contributed by atoms with Crippen molar-refractivity contribution in [3.05, 3.63) is 42.5 Å². The molecule has 0 spiro atoms. The predicted octanol–water partition coefficient (Wildman–Crippen LogP) is 2.33. The Kier molecular flexibility index (Phi) is 6.78. The Labute approximate surface area is 169 Å². The second-order valence-corrected chi connectivity index (χ2v) is 6.25. The molecule has 0 saturated heterocycles. The first kappa shape index (κ1) is 20.3. The van der Waals surface area contributed by atoms with Gasteiger partial charge in [-0.25, -0.2) is 0 Å². The molecule has 0 atom stereocenters. The van der Waals surface area contributed by atoms with E-state index in [2.05, 4.69) is 5.32 Å². The number of para-hydroxylation sites is 2. The smallest absolute Gasteiger partial charge is 0.260 e. The van der Waals surface area contributed by atoms with Crippen molar-refractivity contribution in [2.45, 2.75) is 6.92 Å². The quantitative estimate of drug-likeness (QED) is 0.732. The highest BCUT2D eigenvalue weighted by atomic mass is 16.6. The van der Waals surface area contributed by atoms with Gasteiger partial charge in [0.25, 0.3) is 5.91 Å². The molecule has 1 aliphatic rings. The fraction of sp³-hybridized carbons (Fsp3) is 0.333. The van der Waals surface area contributed by atoms with Gasteiger partial charge < -0.3 is 29.2 Å². The number of ether oxygens (including phenoxy) is 4. The SMILES string of the molecule is CCN(CC(=O)Nc1ccc2c(c1)OCCO2)C(=O)COc1ccccc1OC. The van der Waals surface area contributed by atoms with E-state index in [4.69, 9.17) is 18.9 Å². The topological polar surface area (TPSA) is 86.3 Å². The summed E-state index contributed by atoms with van der Waals surface area (Å²) in [5.74, 6) is 1.64. The maximum Gasteiger partial charge on any atom is 0.260 e. The number of benzene rings is 2. The number of nitrogens with zero attached hydrogens (tertiary/aromatic N) is 1. The maximum absolute atomic E-state index is 12.5. The van der Waals surface area contributed by atoms with Crippen molar-refractivity contribution in [2.75, 3.05) is 45.3 Å². The standard InChI is InChI=1S/C21H24N2O6/c1-3-23(21(25)14-29-17-7-5-4-6-16(17)26-2)13-20(24)22-15-8-9-18-19(12-15)28-11-10-27-18/h4-9,12H,3,10-11,13-14H2,1-2H3,(H,22,24). The largest absolute Gasteiger partial charge is 0.493 e. The van der Waals surface area contributed by atoms with Crippen LogP contribution in [0.3, 0.4) is 0 Å². The number of nitrogens with one attached hydrogen (secondary N) is 1. The molecule has 8 heteroatoms. The molecule has 29 heavy (non-hydrogen) atoms. The van der Waals surface area contributed by atoms with Crippen molar-refractivity contribution in [1.82, 2.24) is 4.90 Å². The minimum atomic E-state index is -0.311. The van der Waals surface area contributed by atoms with Gasteiger partial charge in [0, 0.05) is 18.3 Å². The third-order valence-corrected chi connectivity index (χ3v) is 4.32. The van der Waals surface area contributed by atoms with E-state index in [0.717, 1.165) is 0 Å². The van der Waals surface area contributed by atoms with Crippen LogP contribution in [-0.4, -0.2) is 56.7 Å². The Bertz CT molecular complexity index is 870. The summed E-state index contributed by atoms with van der Waals surface area (Å²) in [4.78, 5) is 26.3. The number of carbonyl (C=O) groups excluding carboxylic acids is 2. The lowest BCUT2D eigenvalue weighted by Crippen LogP contribution is -2.40. The van der Waals surface area contributed by atoms with Crippen molar-refractivity contribution in [1.29, 1.82) is 0 Å². The number of likely N-dealkylation sites (N-methyl/N-ethyl adjacent to an activating group) is 1. The number of fused-ring (bicyclic) bond motifs is 1. The Hall–Kier alpha value is -3.42. The van der Waals surface area contributed by atoms with Crippen molar-refractivity contribution in [2.24, 2.45) is 0 Å². The van der Waals surface area contributed by atoms with Crippen LogP contribution in [0.15, 0.2) is 42.5 Å². The second kappa shape index (κ2) is 9.68. The average molecular weight is 400 g/mol. The predicted molar refractivity (Wildman–Crippen MR) is 107 cm³/mol. The number of rotatable bonds is 8. The molecule has 2 amide bonds. The van der Waals surface area contributed by atoms with Gasteiger partial charge >= 0.3 is 0 Å². The highest BCUT2D eigenvalue weighted by Gasteiger charge is 2.18. The van der Waals surface area contributed by atoms with Gasteiger partial charge in [-0.1, -0.05) is 12.1 Å². The summed E-state index contributed by atoms with van der Waals surface area (Å²) >= 11 is 0. The van der Waals surface area contributed by atoms with E-state index in [1.54, 1.807) is 43.3 Å². The first-order valence-corrected chi connectivity index (χ1v) is 9.33. The normalized spacial score (nSPS) is 12.1. The molecule has 0 bridgehead atoms. The fourth-order valence-electron chi connectivity index (χ4n) is 2.84. The van der Waals surface area contributed by atoms with Crippen molar-refractivity contribution in [3.8, 4) is 23.0 Å². The van der Waals surface area contributed by atoms with Crippen LogP contribution in [-0.2, 0) is 9.59 Å². The van der Waals surface area contributed by atoms with Crippen LogP contribution in [0.1, 0.15) is 6.92 Å². The molecule has 1 heterocycles. The zero-order valence-corrected chi connectivity index (χ0v) is 16.5. The lowest BCUT2D eigenvalue weighted by Gasteiger charge is -2.21. The van der Waals surface area contributed by atoms with Gasteiger partial charge in [0.05, 0.1) is 13.7 Å². The van der Waals surface area contributed by atoms with Crippen molar-refractivity contribution in [3.63, 3.8) is 0 Å². The van der Waals surface area contributed by atoms with E-state index in [0.29, 0.717) is 48.4 Å². The van der Waals surface area contributed by atoms with Crippen LogP contribution in [0.5, 0.6) is 23.0 Å². The molecule has 1 N–H and O–H groups in total. The van der Waals surface area contributed by atoms with Crippen molar-refractivity contribution >= 4 is 17.5 Å². The van der Waals surface area contributed by atoms with Gasteiger partial charge in [0.1, 0.15) is 13.2 Å². The number of amides is 2. The van der Waals surface area contributed by atoms with Gasteiger partial charge in [0.15, 0.2) is 29.6 Å². The summed E-state index contributed by atoms with van der Waals surface area (Å²) in [6.07, 6.45) is 0. The molecule has 2 aromatic carbocycles. The lowest BCUT2D eigenvalue weighted by molar-refractivity contribution is -0.136. The van der Waals surface area contributed by atoms with Crippen LogP contribution in [0, 0.1) is 0 Å². The summed E-state index contributed by atoms with van der Waals surface area (Å²) in [5.41, 5.74) is 0.577. The van der Waals surface area contributed by atoms with E-state index in [1.165, 1.54) is 12.0 Å². The molecule has 0 aliphatic carbocycles. The Morgan fingerprint density at radius 1 is 1.07 bits per heavy atom. The molecule has 1 aliphatic heterocycles. The number of hydrogen-bond donors (Lipinski definition) is 1. The van der Waals surface area contributed by atoms with E-state index >= 15 is 0 Å². The highest BCUT2D eigenvalue weighted by Crippen LogP contribution is 2.32. The number of methoxy groups -OCH3 is 1. The highest BCUT2D eigenvalue weighted by molar-refractivity contribution is 5.95. The van der Waals surface area contributed by atoms with Gasteiger partial charge in [-0.05, 0) is 31.2 Å². The van der Waals surface area contributed by atoms with E-state index in [9.17, 15) is 9.59 Å². The minimum Gasteiger partial charge on any atom is -0.493 e. The third-order valence-electron chi connectivity index (χ3n) is 4.32. The van der Waals surface area contributed by atoms with E-state index in [-0.39, 0.29) is 25.0 Å². The van der Waals surface area contributed by atoms with Gasteiger partial charge in [0.2, 0.25) is 5.91 Å². The monoisotopic (exact) mass is 400 g/mol. The summed E-state index contributed by atoms with van der Waals surface area (Å²) in [5, 5.41) is 2.77. The van der Waals surface area contributed by atoms with E-state index in [1.807, 2.05) is 6.07 Å². The minimum absolute atomic E-state index is 0.0843. The molecular weight excluding hydrogens is 376 g/mol. The maximum atomic E-state index is 12.5. The summed E-state index contributed by atoms with van der Waals surface area (Å²) in [6, 6.07) is 12.3. The molecule has 0 radical (unpaired) electrons.